The number of para-hydroxylation sites is 1. The molecule has 0 bridgehead atoms. The van der Waals surface area contributed by atoms with Gasteiger partial charge in [0.2, 0.25) is 0 Å². The normalized spacial score (nSPS) is 18.3. The van der Waals surface area contributed by atoms with Crippen LogP contribution in [0.5, 0.6) is 0 Å². The fourth-order valence-corrected chi connectivity index (χ4v) is 2.16. The summed E-state index contributed by atoms with van der Waals surface area (Å²) in [6, 6.07) is 8.67. The van der Waals surface area contributed by atoms with Gasteiger partial charge >= 0.3 is 0 Å². The summed E-state index contributed by atoms with van der Waals surface area (Å²) in [4.78, 5) is 2.50. The molecule has 1 aliphatic rings. The van der Waals surface area contributed by atoms with Crippen LogP contribution in [0.3, 0.4) is 0 Å². The van der Waals surface area contributed by atoms with E-state index in [1.165, 1.54) is 37.2 Å². The molecule has 2 heteroatoms. The van der Waals surface area contributed by atoms with Crippen LogP contribution in [0.1, 0.15) is 18.4 Å². The van der Waals surface area contributed by atoms with Crippen molar-refractivity contribution in [3.63, 3.8) is 0 Å². The maximum atomic E-state index is 3.46. The number of benzene rings is 1. The van der Waals surface area contributed by atoms with Crippen molar-refractivity contribution in [2.24, 2.45) is 0 Å². The number of aryl methyl sites for hydroxylation is 1. The molecule has 0 atom stereocenters. The van der Waals surface area contributed by atoms with Gasteiger partial charge in [-0.05, 0) is 37.9 Å². The van der Waals surface area contributed by atoms with E-state index in [-0.39, 0.29) is 0 Å². The Morgan fingerprint density at radius 3 is 2.80 bits per heavy atom. The van der Waals surface area contributed by atoms with Crippen LogP contribution in [0.15, 0.2) is 24.3 Å². The van der Waals surface area contributed by atoms with Crippen LogP contribution in [0.25, 0.3) is 0 Å². The molecule has 0 unspecified atom stereocenters. The first-order valence-corrected chi connectivity index (χ1v) is 5.89. The van der Waals surface area contributed by atoms with Crippen LogP contribution in [0.4, 0.5) is 5.69 Å². The van der Waals surface area contributed by atoms with Gasteiger partial charge in [0.1, 0.15) is 0 Å². The third kappa shape index (κ3) is 2.72. The Balaban J connectivity index is 2.10. The second-order valence-corrected chi connectivity index (χ2v) is 4.23. The highest BCUT2D eigenvalue weighted by Gasteiger charge is 2.09. The third-order valence-electron chi connectivity index (χ3n) is 3.05. The minimum atomic E-state index is 1.11. The van der Waals surface area contributed by atoms with Crippen LogP contribution in [0.2, 0.25) is 0 Å². The van der Waals surface area contributed by atoms with Crippen molar-refractivity contribution in [3.8, 4) is 0 Å². The summed E-state index contributed by atoms with van der Waals surface area (Å²) in [5.74, 6) is 0. The Bertz CT molecular complexity index is 301. The van der Waals surface area contributed by atoms with Crippen molar-refractivity contribution in [2.75, 3.05) is 31.1 Å². The van der Waals surface area contributed by atoms with E-state index in [9.17, 15) is 0 Å². The first kappa shape index (κ1) is 10.5. The topological polar surface area (TPSA) is 15.3 Å². The summed E-state index contributed by atoms with van der Waals surface area (Å²) in [6.07, 6.45) is 2.59. The molecule has 2 nitrogen and oxygen atoms in total. The number of hydrogen-bond acceptors (Lipinski definition) is 2. The van der Waals surface area contributed by atoms with Crippen LogP contribution < -0.4 is 10.2 Å². The quantitative estimate of drug-likeness (QED) is 0.754. The molecule has 0 aromatic heterocycles. The minimum Gasteiger partial charge on any atom is -0.370 e. The lowest BCUT2D eigenvalue weighted by atomic mass is 10.1. The minimum absolute atomic E-state index is 1.11. The summed E-state index contributed by atoms with van der Waals surface area (Å²) in [5.41, 5.74) is 2.79. The van der Waals surface area contributed by atoms with Crippen molar-refractivity contribution in [1.82, 2.24) is 5.32 Å². The Morgan fingerprint density at radius 1 is 1.07 bits per heavy atom. The molecule has 1 aromatic carbocycles. The first-order valence-electron chi connectivity index (χ1n) is 5.89. The Hall–Kier alpha value is -1.02. The van der Waals surface area contributed by atoms with Crippen molar-refractivity contribution >= 4 is 5.69 Å². The van der Waals surface area contributed by atoms with E-state index in [4.69, 9.17) is 0 Å². The summed E-state index contributed by atoms with van der Waals surface area (Å²) in [5, 5.41) is 3.46. The van der Waals surface area contributed by atoms with Gasteiger partial charge < -0.3 is 10.2 Å². The second-order valence-electron chi connectivity index (χ2n) is 4.23. The lowest BCUT2D eigenvalue weighted by molar-refractivity contribution is 0.566. The molecule has 1 aliphatic heterocycles. The van der Waals surface area contributed by atoms with E-state index in [1.807, 2.05) is 0 Å². The van der Waals surface area contributed by atoms with Crippen molar-refractivity contribution < 1.29 is 0 Å². The number of nitrogens with one attached hydrogen (secondary N) is 1. The highest BCUT2D eigenvalue weighted by Crippen LogP contribution is 2.19. The lowest BCUT2D eigenvalue weighted by Gasteiger charge is -2.28. The molecule has 1 N–H and O–H groups in total. The monoisotopic (exact) mass is 204 g/mol. The Morgan fingerprint density at radius 2 is 1.93 bits per heavy atom. The largest absolute Gasteiger partial charge is 0.370 e. The van der Waals surface area contributed by atoms with E-state index in [0.717, 1.165) is 13.1 Å². The van der Waals surface area contributed by atoms with Gasteiger partial charge in [0, 0.05) is 25.3 Å². The molecule has 0 spiro atoms. The number of anilines is 1. The van der Waals surface area contributed by atoms with Crippen molar-refractivity contribution in [3.05, 3.63) is 29.8 Å². The number of nitrogens with zero attached hydrogens (tertiary/aromatic N) is 1. The van der Waals surface area contributed by atoms with E-state index < -0.39 is 0 Å². The Labute approximate surface area is 92.3 Å². The maximum Gasteiger partial charge on any atom is 0.0396 e. The predicted octanol–water partition coefficient (Wildman–Crippen LogP) is 2.18. The molecule has 82 valence electrons. The molecule has 1 aromatic rings. The summed E-state index contributed by atoms with van der Waals surface area (Å²) < 4.78 is 0. The van der Waals surface area contributed by atoms with Gasteiger partial charge in [-0.25, -0.2) is 0 Å². The molecule has 2 rings (SSSR count). The smallest absolute Gasteiger partial charge is 0.0396 e. The third-order valence-corrected chi connectivity index (χ3v) is 3.05. The molecule has 1 heterocycles. The molecule has 15 heavy (non-hydrogen) atoms. The zero-order chi connectivity index (χ0) is 10.5. The molecular weight excluding hydrogens is 184 g/mol. The predicted molar refractivity (Wildman–Crippen MR) is 65.5 cm³/mol. The van der Waals surface area contributed by atoms with Gasteiger partial charge in [0.25, 0.3) is 0 Å². The zero-order valence-electron chi connectivity index (χ0n) is 9.50. The number of rotatable bonds is 1. The van der Waals surface area contributed by atoms with Crippen molar-refractivity contribution in [2.45, 2.75) is 19.8 Å². The highest BCUT2D eigenvalue weighted by molar-refractivity contribution is 5.52. The molecule has 0 amide bonds. The fourth-order valence-electron chi connectivity index (χ4n) is 2.16. The van der Waals surface area contributed by atoms with Gasteiger partial charge in [0.05, 0.1) is 0 Å². The van der Waals surface area contributed by atoms with Crippen LogP contribution in [-0.4, -0.2) is 26.2 Å². The SMILES string of the molecule is Cc1ccccc1N1CCCCNCC1. The van der Waals surface area contributed by atoms with Gasteiger partial charge in [0.15, 0.2) is 0 Å². The molecule has 0 aliphatic carbocycles. The van der Waals surface area contributed by atoms with Gasteiger partial charge in [-0.3, -0.25) is 0 Å². The average molecular weight is 204 g/mol. The molecule has 1 fully saturated rings. The number of hydrogen-bond donors (Lipinski definition) is 1. The zero-order valence-corrected chi connectivity index (χ0v) is 9.50. The van der Waals surface area contributed by atoms with E-state index in [0.29, 0.717) is 0 Å². The molecule has 0 radical (unpaired) electrons. The van der Waals surface area contributed by atoms with Crippen molar-refractivity contribution in [1.29, 1.82) is 0 Å². The van der Waals surface area contributed by atoms with Crippen LogP contribution in [0, 0.1) is 6.92 Å². The van der Waals surface area contributed by atoms with Crippen LogP contribution in [-0.2, 0) is 0 Å². The Kier molecular flexibility index (Phi) is 3.62. The summed E-state index contributed by atoms with van der Waals surface area (Å²) >= 11 is 0. The average Bonchev–Trinajstić information content (AvgIpc) is 2.19. The maximum absolute atomic E-state index is 3.46. The fraction of sp³-hybridized carbons (Fsp3) is 0.538. The van der Waals surface area contributed by atoms with E-state index >= 15 is 0 Å². The molecule has 0 saturated carbocycles. The van der Waals surface area contributed by atoms with Crippen LogP contribution >= 0.6 is 0 Å². The molecular formula is C13H20N2. The van der Waals surface area contributed by atoms with Gasteiger partial charge in [-0.1, -0.05) is 18.2 Å². The standard InChI is InChI=1S/C13H20N2/c1-12-6-2-3-7-13(12)15-10-5-4-8-14-9-11-15/h2-3,6-7,14H,4-5,8-11H2,1H3. The summed E-state index contributed by atoms with van der Waals surface area (Å²) in [7, 11) is 0. The van der Waals surface area contributed by atoms with E-state index in [1.54, 1.807) is 0 Å². The second kappa shape index (κ2) is 5.17. The van der Waals surface area contributed by atoms with E-state index in [2.05, 4.69) is 41.4 Å². The summed E-state index contributed by atoms with van der Waals surface area (Å²) in [6.45, 7) is 6.81. The first-order chi connectivity index (χ1) is 7.38. The highest BCUT2D eigenvalue weighted by atomic mass is 15.1. The molecule has 1 saturated heterocycles. The lowest BCUT2D eigenvalue weighted by Crippen LogP contribution is -2.36. The van der Waals surface area contributed by atoms with Gasteiger partial charge in [-0.15, -0.1) is 0 Å². The van der Waals surface area contributed by atoms with Gasteiger partial charge in [-0.2, -0.15) is 0 Å².